The lowest BCUT2D eigenvalue weighted by Crippen LogP contribution is -1.93. The zero-order valence-electron chi connectivity index (χ0n) is 7.36. The number of ether oxygens (including phenoxy) is 2. The number of para-hydroxylation sites is 1. The molecule has 0 atom stereocenters. The Labute approximate surface area is 80.5 Å². The minimum atomic E-state index is 0.285. The molecule has 1 aliphatic heterocycles. The van der Waals surface area contributed by atoms with E-state index in [-0.39, 0.29) is 6.79 Å². The summed E-state index contributed by atoms with van der Waals surface area (Å²) in [4.78, 5) is 7.21. The van der Waals surface area contributed by atoms with Crippen LogP contribution in [0.25, 0.3) is 11.4 Å². The summed E-state index contributed by atoms with van der Waals surface area (Å²) in [5.74, 6) is 2.34. The molecule has 0 amide bonds. The molecule has 2 aromatic rings. The van der Waals surface area contributed by atoms with E-state index in [1.807, 2.05) is 18.2 Å². The summed E-state index contributed by atoms with van der Waals surface area (Å²) in [5, 5.41) is 0. The van der Waals surface area contributed by atoms with Gasteiger partial charge in [0.1, 0.15) is 5.82 Å². The third-order valence-electron chi connectivity index (χ3n) is 2.15. The average molecular weight is 188 g/mol. The van der Waals surface area contributed by atoms with E-state index < -0.39 is 0 Å². The predicted octanol–water partition coefficient (Wildman–Crippen LogP) is 1.81. The molecule has 1 N–H and O–H groups in total. The van der Waals surface area contributed by atoms with Crippen molar-refractivity contribution >= 4 is 0 Å². The highest BCUT2D eigenvalue weighted by molar-refractivity contribution is 5.69. The highest BCUT2D eigenvalue weighted by atomic mass is 16.7. The van der Waals surface area contributed by atoms with E-state index in [0.717, 1.165) is 22.9 Å². The molecule has 4 heteroatoms. The molecule has 1 aliphatic rings. The van der Waals surface area contributed by atoms with Crippen molar-refractivity contribution in [2.24, 2.45) is 0 Å². The summed E-state index contributed by atoms with van der Waals surface area (Å²) < 4.78 is 10.6. The summed E-state index contributed by atoms with van der Waals surface area (Å²) in [6.45, 7) is 0.285. The van der Waals surface area contributed by atoms with Crippen LogP contribution in [-0.4, -0.2) is 16.8 Å². The fourth-order valence-electron chi connectivity index (χ4n) is 1.53. The monoisotopic (exact) mass is 188 g/mol. The van der Waals surface area contributed by atoms with Crippen LogP contribution in [0.5, 0.6) is 11.5 Å². The van der Waals surface area contributed by atoms with Crippen molar-refractivity contribution in [3.8, 4) is 22.9 Å². The number of nitrogens with one attached hydrogen (secondary N) is 1. The zero-order valence-corrected chi connectivity index (χ0v) is 7.36. The lowest BCUT2D eigenvalue weighted by molar-refractivity contribution is 0.174. The molecular formula is C10H8N2O2. The SMILES string of the molecule is c1cc2c(c(-c3ncc[nH]3)c1)OCO2. The predicted molar refractivity (Wildman–Crippen MR) is 50.1 cm³/mol. The van der Waals surface area contributed by atoms with Gasteiger partial charge in [0.2, 0.25) is 6.79 Å². The summed E-state index contributed by atoms with van der Waals surface area (Å²) in [5.41, 5.74) is 0.935. The Bertz CT molecular complexity index is 451. The fraction of sp³-hybridized carbons (Fsp3) is 0.100. The van der Waals surface area contributed by atoms with E-state index in [4.69, 9.17) is 9.47 Å². The zero-order chi connectivity index (χ0) is 9.38. The van der Waals surface area contributed by atoms with Crippen LogP contribution in [0.3, 0.4) is 0 Å². The van der Waals surface area contributed by atoms with E-state index >= 15 is 0 Å². The van der Waals surface area contributed by atoms with E-state index in [1.54, 1.807) is 12.4 Å². The smallest absolute Gasteiger partial charge is 0.231 e. The molecule has 70 valence electrons. The van der Waals surface area contributed by atoms with Crippen molar-refractivity contribution in [1.29, 1.82) is 0 Å². The van der Waals surface area contributed by atoms with E-state index in [1.165, 1.54) is 0 Å². The first kappa shape index (κ1) is 7.44. The lowest BCUT2D eigenvalue weighted by atomic mass is 10.2. The molecule has 3 rings (SSSR count). The molecule has 0 aliphatic carbocycles. The Kier molecular flexibility index (Phi) is 1.47. The van der Waals surface area contributed by atoms with Crippen LogP contribution in [-0.2, 0) is 0 Å². The van der Waals surface area contributed by atoms with Crippen LogP contribution < -0.4 is 9.47 Å². The molecule has 0 radical (unpaired) electrons. The highest BCUT2D eigenvalue weighted by Gasteiger charge is 2.18. The van der Waals surface area contributed by atoms with Crippen LogP contribution in [0.15, 0.2) is 30.6 Å². The van der Waals surface area contributed by atoms with Crippen molar-refractivity contribution < 1.29 is 9.47 Å². The number of H-pyrrole nitrogens is 1. The van der Waals surface area contributed by atoms with Gasteiger partial charge in [0.15, 0.2) is 11.5 Å². The van der Waals surface area contributed by atoms with Crippen molar-refractivity contribution in [2.75, 3.05) is 6.79 Å². The Morgan fingerprint density at radius 1 is 1.29 bits per heavy atom. The fourth-order valence-corrected chi connectivity index (χ4v) is 1.53. The topological polar surface area (TPSA) is 47.1 Å². The Morgan fingerprint density at radius 2 is 2.29 bits per heavy atom. The van der Waals surface area contributed by atoms with Gasteiger partial charge in [-0.15, -0.1) is 0 Å². The second-order valence-electron chi connectivity index (χ2n) is 2.98. The van der Waals surface area contributed by atoms with Gasteiger partial charge < -0.3 is 14.5 Å². The van der Waals surface area contributed by atoms with E-state index in [2.05, 4.69) is 9.97 Å². The third kappa shape index (κ3) is 0.970. The number of hydrogen-bond donors (Lipinski definition) is 1. The molecule has 4 nitrogen and oxygen atoms in total. The number of hydrogen-bond acceptors (Lipinski definition) is 3. The number of imidazole rings is 1. The molecule has 1 aromatic carbocycles. The van der Waals surface area contributed by atoms with Crippen molar-refractivity contribution in [1.82, 2.24) is 9.97 Å². The maximum atomic E-state index is 5.37. The van der Waals surface area contributed by atoms with Crippen LogP contribution in [0.2, 0.25) is 0 Å². The van der Waals surface area contributed by atoms with Gasteiger partial charge in [0.05, 0.1) is 5.56 Å². The molecule has 0 bridgehead atoms. The number of benzene rings is 1. The Balaban J connectivity index is 2.20. The molecule has 2 heterocycles. The summed E-state index contributed by atoms with van der Waals surface area (Å²) >= 11 is 0. The van der Waals surface area contributed by atoms with Gasteiger partial charge in [-0.25, -0.2) is 4.98 Å². The second-order valence-corrected chi connectivity index (χ2v) is 2.98. The first-order valence-electron chi connectivity index (χ1n) is 4.33. The molecule has 0 saturated heterocycles. The number of aromatic nitrogens is 2. The average Bonchev–Trinajstić information content (AvgIpc) is 2.88. The molecule has 0 spiro atoms. The van der Waals surface area contributed by atoms with Crippen LogP contribution in [0, 0.1) is 0 Å². The first-order valence-corrected chi connectivity index (χ1v) is 4.33. The van der Waals surface area contributed by atoms with Gasteiger partial charge in [0.25, 0.3) is 0 Å². The van der Waals surface area contributed by atoms with E-state index in [9.17, 15) is 0 Å². The van der Waals surface area contributed by atoms with Gasteiger partial charge in [0, 0.05) is 12.4 Å². The van der Waals surface area contributed by atoms with Gasteiger partial charge in [-0.05, 0) is 12.1 Å². The number of nitrogens with zero attached hydrogens (tertiary/aromatic N) is 1. The lowest BCUT2D eigenvalue weighted by Gasteiger charge is -2.01. The van der Waals surface area contributed by atoms with Gasteiger partial charge >= 0.3 is 0 Å². The molecule has 1 aromatic heterocycles. The molecule has 0 saturated carbocycles. The maximum absolute atomic E-state index is 5.37. The van der Waals surface area contributed by atoms with Gasteiger partial charge in [-0.1, -0.05) is 6.07 Å². The normalized spacial score (nSPS) is 13.1. The number of aromatic amines is 1. The summed E-state index contributed by atoms with van der Waals surface area (Å²) in [7, 11) is 0. The highest BCUT2D eigenvalue weighted by Crippen LogP contribution is 2.39. The molecule has 14 heavy (non-hydrogen) atoms. The van der Waals surface area contributed by atoms with Crippen molar-refractivity contribution in [3.63, 3.8) is 0 Å². The Hall–Kier alpha value is -1.97. The minimum absolute atomic E-state index is 0.285. The van der Waals surface area contributed by atoms with E-state index in [0.29, 0.717) is 0 Å². The molecular weight excluding hydrogens is 180 g/mol. The minimum Gasteiger partial charge on any atom is -0.454 e. The van der Waals surface area contributed by atoms with Crippen LogP contribution in [0.4, 0.5) is 0 Å². The van der Waals surface area contributed by atoms with Crippen molar-refractivity contribution in [3.05, 3.63) is 30.6 Å². The largest absolute Gasteiger partial charge is 0.454 e. The maximum Gasteiger partial charge on any atom is 0.231 e. The standard InChI is InChI=1S/C10H8N2O2/c1-2-7(10-11-4-5-12-10)9-8(3-1)13-6-14-9/h1-5H,6H2,(H,11,12). The quantitative estimate of drug-likeness (QED) is 0.742. The summed E-state index contributed by atoms with van der Waals surface area (Å²) in [6, 6.07) is 5.76. The van der Waals surface area contributed by atoms with Gasteiger partial charge in [-0.2, -0.15) is 0 Å². The molecule has 0 fully saturated rings. The number of fused-ring (bicyclic) bond motifs is 1. The first-order chi connectivity index (χ1) is 6.95. The molecule has 0 unspecified atom stereocenters. The second kappa shape index (κ2) is 2.77. The Morgan fingerprint density at radius 3 is 3.14 bits per heavy atom. The van der Waals surface area contributed by atoms with Crippen LogP contribution in [0.1, 0.15) is 0 Å². The third-order valence-corrected chi connectivity index (χ3v) is 2.15. The van der Waals surface area contributed by atoms with Gasteiger partial charge in [-0.3, -0.25) is 0 Å². The van der Waals surface area contributed by atoms with Crippen LogP contribution >= 0.6 is 0 Å². The van der Waals surface area contributed by atoms with Crippen molar-refractivity contribution in [2.45, 2.75) is 0 Å². The number of rotatable bonds is 1. The summed E-state index contributed by atoms with van der Waals surface area (Å²) in [6.07, 6.45) is 3.50.